The molecule has 3 aromatic heterocycles. The predicted octanol–water partition coefficient (Wildman–Crippen LogP) is 16.5. The van der Waals surface area contributed by atoms with Gasteiger partial charge in [-0.15, -0.1) is 29.7 Å². The topological polar surface area (TPSA) is 35.9 Å². The first-order valence-electron chi connectivity index (χ1n) is 32.2. The zero-order chi connectivity index (χ0) is 64.0. The molecule has 1 aliphatic heterocycles. The normalized spacial score (nSPS) is 17.2. The van der Waals surface area contributed by atoms with Gasteiger partial charge in [-0.2, -0.15) is 18.2 Å². The Morgan fingerprint density at radius 3 is 1.92 bits per heavy atom. The van der Waals surface area contributed by atoms with Crippen LogP contribution in [0.2, 0.25) is 0 Å². The van der Waals surface area contributed by atoms with Crippen LogP contribution in [0.15, 0.2) is 176 Å². The van der Waals surface area contributed by atoms with Crippen LogP contribution in [0.25, 0.3) is 94.5 Å². The van der Waals surface area contributed by atoms with Gasteiger partial charge in [0.2, 0.25) is 0 Å². The number of benzene rings is 8. The quantitative estimate of drug-likeness (QED) is 0.127. The Hall–Kier alpha value is -7.33. The van der Waals surface area contributed by atoms with Gasteiger partial charge in [-0.25, -0.2) is 4.98 Å². The number of aromatic nitrogens is 4. The second-order valence-corrected chi connectivity index (χ2v) is 19.1. The third-order valence-corrected chi connectivity index (χ3v) is 13.4. The molecule has 4 heterocycles. The van der Waals surface area contributed by atoms with E-state index in [0.717, 1.165) is 39.0 Å². The first-order valence-corrected chi connectivity index (χ1v) is 23.2. The molecule has 0 saturated heterocycles. The van der Waals surface area contributed by atoms with Gasteiger partial charge in [0.25, 0.3) is 6.33 Å². The van der Waals surface area contributed by atoms with E-state index in [1.165, 1.54) is 15.2 Å². The van der Waals surface area contributed by atoms with Gasteiger partial charge in [-0.05, 0) is 107 Å². The fourth-order valence-corrected chi connectivity index (χ4v) is 9.99. The SMILES string of the molecule is [2H]C([2H])([2H])C(c1cc2c(c(C(C([2H])([2H])[2H])(C([2H])([2H])[2H])C([2H])([2H])[2H])c1)-[n+]1[c-]n(-c3[c-]c(Oc4[c-]c5c(cc4)c4cc(-c6ccccc6)ccc4n5-c4cc(C(C)(C)C)ccn4)ccc3)c3cccc(c31)-c1ccccc1-c1ccccc1-2)(C([2H])([2H])[2H])C([2H])([2H])[2H].[Pt]. The third-order valence-electron chi connectivity index (χ3n) is 13.4. The van der Waals surface area contributed by atoms with Crippen LogP contribution in [-0.4, -0.2) is 14.1 Å². The number of fused-ring (bicyclic) bond motifs is 10. The molecule has 0 spiro atoms. The summed E-state index contributed by atoms with van der Waals surface area (Å²) in [6.07, 6.45) is 5.10. The smallest absolute Gasteiger partial charge is 0.268 e. The largest absolute Gasteiger partial charge is 0.510 e. The van der Waals surface area contributed by atoms with Crippen LogP contribution in [0.4, 0.5) is 0 Å². The minimum atomic E-state index is -4.06. The van der Waals surface area contributed by atoms with Crippen molar-refractivity contribution in [2.75, 3.05) is 0 Å². The molecule has 6 heteroatoms. The monoisotopic (exact) mass is 1130 g/mol. The zero-order valence-electron chi connectivity index (χ0n) is 57.3. The van der Waals surface area contributed by atoms with Crippen molar-refractivity contribution >= 4 is 32.8 Å². The average molecular weight is 1130 g/mol. The van der Waals surface area contributed by atoms with E-state index in [0.29, 0.717) is 50.9 Å². The average Bonchev–Trinajstić information content (AvgIpc) is 0.978. The molecule has 0 radical (unpaired) electrons. The summed E-state index contributed by atoms with van der Waals surface area (Å²) < 4.78 is 174. The molecule has 72 heavy (non-hydrogen) atoms. The van der Waals surface area contributed by atoms with Gasteiger partial charge in [0, 0.05) is 69.0 Å². The molecule has 0 atom stereocenters. The van der Waals surface area contributed by atoms with Crippen LogP contribution in [-0.2, 0) is 37.3 Å². The minimum Gasteiger partial charge on any atom is -0.510 e. The maximum atomic E-state index is 9.17. The Morgan fingerprint density at radius 1 is 0.528 bits per heavy atom. The van der Waals surface area contributed by atoms with Crippen LogP contribution >= 0.6 is 0 Å². The number of pyridine rings is 1. The summed E-state index contributed by atoms with van der Waals surface area (Å²) >= 11 is 0. The first kappa shape index (κ1) is 30.5. The first-order chi connectivity index (χ1) is 41.6. The summed E-state index contributed by atoms with van der Waals surface area (Å²) in [7, 11) is 0. The van der Waals surface area contributed by atoms with Gasteiger partial charge in [-0.1, -0.05) is 189 Å². The Labute approximate surface area is 463 Å². The maximum Gasteiger partial charge on any atom is 0.268 e. The molecular formula is C66H56N4OPt-2. The van der Waals surface area contributed by atoms with Crippen molar-refractivity contribution in [3.63, 3.8) is 0 Å². The summed E-state index contributed by atoms with van der Waals surface area (Å²) in [5.74, 6) is 1.15. The molecule has 0 amide bonds. The molecule has 12 rings (SSSR count). The van der Waals surface area contributed by atoms with Crippen LogP contribution in [0.5, 0.6) is 11.5 Å². The fraction of sp³-hybridized carbons (Fsp3) is 0.182. The Morgan fingerprint density at radius 2 is 1.19 bits per heavy atom. The number of para-hydroxylation sites is 1. The van der Waals surface area contributed by atoms with Gasteiger partial charge in [-0.3, -0.25) is 4.57 Å². The van der Waals surface area contributed by atoms with Crippen molar-refractivity contribution in [1.29, 1.82) is 0 Å². The van der Waals surface area contributed by atoms with E-state index in [1.54, 1.807) is 85.1 Å². The molecule has 0 saturated carbocycles. The van der Waals surface area contributed by atoms with E-state index in [1.807, 2.05) is 41.0 Å². The van der Waals surface area contributed by atoms with Crippen molar-refractivity contribution in [3.8, 4) is 73.2 Å². The molecule has 0 N–H and O–H groups in total. The van der Waals surface area contributed by atoms with Gasteiger partial charge in [0.05, 0.1) is 16.7 Å². The molecule has 11 aromatic rings. The molecule has 0 fully saturated rings. The van der Waals surface area contributed by atoms with Gasteiger partial charge in [0.1, 0.15) is 5.82 Å². The van der Waals surface area contributed by atoms with Crippen LogP contribution in [0.3, 0.4) is 0 Å². The molecule has 0 unspecified atom stereocenters. The van der Waals surface area contributed by atoms with E-state index >= 15 is 0 Å². The van der Waals surface area contributed by atoms with Crippen molar-refractivity contribution in [2.24, 2.45) is 0 Å². The molecule has 0 aliphatic carbocycles. The summed E-state index contributed by atoms with van der Waals surface area (Å²) in [6, 6.07) is 56.5. The Bertz CT molecular complexity index is 4550. The Balaban J connectivity index is 0.00000833. The summed E-state index contributed by atoms with van der Waals surface area (Å²) in [6.45, 7) is -17.7. The number of ether oxygens (including phenoxy) is 1. The molecule has 358 valence electrons. The second kappa shape index (κ2) is 17.5. The summed E-state index contributed by atoms with van der Waals surface area (Å²) in [5, 5.41) is 1.83. The Kier molecular flexibility index (Phi) is 7.40. The predicted molar refractivity (Wildman–Crippen MR) is 291 cm³/mol. The second-order valence-electron chi connectivity index (χ2n) is 19.1. The van der Waals surface area contributed by atoms with Crippen LogP contribution in [0.1, 0.15) is 103 Å². The number of nitrogens with zero attached hydrogens (tertiary/aromatic N) is 4. The number of hydrogen-bond acceptors (Lipinski definition) is 2. The van der Waals surface area contributed by atoms with Crippen LogP contribution < -0.4 is 9.30 Å². The van der Waals surface area contributed by atoms with E-state index in [2.05, 4.69) is 75.6 Å². The molecule has 1 aliphatic rings. The molecule has 8 aromatic carbocycles. The third kappa shape index (κ3) is 7.99. The van der Waals surface area contributed by atoms with Crippen molar-refractivity contribution in [2.45, 2.75) is 78.1 Å². The van der Waals surface area contributed by atoms with Crippen LogP contribution in [0, 0.1) is 18.5 Å². The standard InChI is InChI=1S/C66H56N4O.Pt/c1-64(2,3)44-33-34-67-61(38-44)70-58-32-29-43(42-19-11-10-12-20-42)35-55(58)53-31-30-48(40-60(53)70)71-47-22-17-21-46(39-47)68-41-69-62-56(36-45(65(4,5)6)37-57(62)66(7,8)9)52-26-16-14-24-50(52)49-23-13-15-25-51(49)54-27-18-28-59(68)63(54)69;/h10-38H,1-9H3;/q-2;/i4D3,5D3,6D3,7D3,8D3,9D3;. The van der Waals surface area contributed by atoms with Gasteiger partial charge >= 0.3 is 0 Å². The van der Waals surface area contributed by atoms with Gasteiger partial charge in [0.15, 0.2) is 0 Å². The zero-order valence-corrected chi connectivity index (χ0v) is 41.5. The van der Waals surface area contributed by atoms with E-state index < -0.39 is 68.8 Å². The number of imidazole rings is 1. The van der Waals surface area contributed by atoms with E-state index in [4.69, 9.17) is 34.4 Å². The van der Waals surface area contributed by atoms with Crippen molar-refractivity contribution in [1.82, 2.24) is 14.1 Å². The number of hydrogen-bond donors (Lipinski definition) is 0. The fourth-order valence-electron chi connectivity index (χ4n) is 9.99. The summed E-state index contributed by atoms with van der Waals surface area (Å²) in [4.78, 5) is 4.87. The number of rotatable bonds is 5. The molecular weight excluding hydrogens is 1060 g/mol. The van der Waals surface area contributed by atoms with E-state index in [-0.39, 0.29) is 54.6 Å². The van der Waals surface area contributed by atoms with E-state index in [9.17, 15) is 0 Å². The maximum absolute atomic E-state index is 9.17. The van der Waals surface area contributed by atoms with Crippen molar-refractivity contribution < 1.29 is 55.0 Å². The molecule has 0 bridgehead atoms. The molecule has 5 nitrogen and oxygen atoms in total. The minimum absolute atomic E-state index is 0. The van der Waals surface area contributed by atoms with Gasteiger partial charge < -0.3 is 13.9 Å². The summed E-state index contributed by atoms with van der Waals surface area (Å²) in [5.41, 5.74) is -3.61. The van der Waals surface area contributed by atoms with Crippen molar-refractivity contribution in [3.05, 3.63) is 211 Å².